The lowest BCUT2D eigenvalue weighted by Crippen LogP contribution is -2.19. The summed E-state index contributed by atoms with van der Waals surface area (Å²) in [6.45, 7) is 0. The van der Waals surface area contributed by atoms with Crippen LogP contribution in [0.3, 0.4) is 0 Å². The molecular formula is C4HCl7. The Labute approximate surface area is 99.3 Å². The summed E-state index contributed by atoms with van der Waals surface area (Å²) >= 11 is 37.7. The third kappa shape index (κ3) is 4.52. The fourth-order valence-electron chi connectivity index (χ4n) is 0.284. The van der Waals surface area contributed by atoms with Crippen LogP contribution in [0.15, 0.2) is 11.1 Å². The van der Waals surface area contributed by atoms with E-state index in [1.165, 1.54) is 0 Å². The van der Waals surface area contributed by atoms with Crippen molar-refractivity contribution < 1.29 is 0 Å². The van der Waals surface area contributed by atoms with Crippen LogP contribution in [0.2, 0.25) is 0 Å². The lowest BCUT2D eigenvalue weighted by Gasteiger charge is -2.21. The van der Waals surface area contributed by atoms with Crippen molar-refractivity contribution in [3.05, 3.63) is 11.1 Å². The molecule has 11 heavy (non-hydrogen) atoms. The first-order valence-corrected chi connectivity index (χ1v) is 4.85. The molecule has 0 nitrogen and oxygen atoms in total. The number of allylic oxidation sites excluding steroid dienone is 1. The van der Waals surface area contributed by atoms with Crippen LogP contribution >= 0.6 is 81.2 Å². The molecule has 0 aliphatic carbocycles. The molecule has 0 amide bonds. The van der Waals surface area contributed by atoms with Gasteiger partial charge < -0.3 is 0 Å². The normalized spacial score (nSPS) is 13.0. The first-order chi connectivity index (χ1) is 4.69. The molecule has 66 valence electrons. The average molecular weight is 297 g/mol. The summed E-state index contributed by atoms with van der Waals surface area (Å²) in [5.41, 5.74) is 0.821. The van der Waals surface area contributed by atoms with Crippen molar-refractivity contribution in [3.8, 4) is 0 Å². The molecule has 0 radical (unpaired) electrons. The highest BCUT2D eigenvalue weighted by molar-refractivity contribution is 6.76. The van der Waals surface area contributed by atoms with Crippen molar-refractivity contribution in [3.63, 3.8) is 0 Å². The highest BCUT2D eigenvalue weighted by Gasteiger charge is 2.39. The predicted octanol–water partition coefficient (Wildman–Crippen LogP) is 4.85. The standard InChI is InChI=1S/C4HCl7/c5-1-2(3(6,7)8)4(9,10)11/h1H. The molecule has 0 aromatic heterocycles. The van der Waals surface area contributed by atoms with Gasteiger partial charge in [0, 0.05) is 11.1 Å². The number of rotatable bonds is 0. The molecule has 0 aliphatic heterocycles. The molecule has 0 spiro atoms. The number of hydrogen-bond acceptors (Lipinski definition) is 0. The van der Waals surface area contributed by atoms with Crippen molar-refractivity contribution in [2.45, 2.75) is 7.59 Å². The third-order valence-corrected chi connectivity index (χ3v) is 2.16. The van der Waals surface area contributed by atoms with Crippen molar-refractivity contribution in [1.82, 2.24) is 0 Å². The van der Waals surface area contributed by atoms with E-state index in [2.05, 4.69) is 0 Å². The Morgan fingerprint density at radius 1 is 0.818 bits per heavy atom. The van der Waals surface area contributed by atoms with E-state index in [0.717, 1.165) is 5.54 Å². The van der Waals surface area contributed by atoms with Crippen LogP contribution in [0.25, 0.3) is 0 Å². The van der Waals surface area contributed by atoms with Gasteiger partial charge >= 0.3 is 0 Å². The molecule has 0 heterocycles. The summed E-state index contributed by atoms with van der Waals surface area (Å²) in [6.07, 6.45) is 0. The van der Waals surface area contributed by atoms with Gasteiger partial charge in [0.05, 0.1) is 0 Å². The minimum Gasteiger partial charge on any atom is -0.0927 e. The van der Waals surface area contributed by atoms with Gasteiger partial charge in [0.2, 0.25) is 7.59 Å². The summed E-state index contributed by atoms with van der Waals surface area (Å²) in [6, 6.07) is 0. The van der Waals surface area contributed by atoms with Gasteiger partial charge in [0.15, 0.2) is 0 Å². The smallest absolute Gasteiger partial charge is 0.0927 e. The van der Waals surface area contributed by atoms with E-state index in [0.29, 0.717) is 0 Å². The Balaban J connectivity index is 4.74. The monoisotopic (exact) mass is 294 g/mol. The van der Waals surface area contributed by atoms with Crippen molar-refractivity contribution >= 4 is 81.2 Å². The summed E-state index contributed by atoms with van der Waals surface area (Å²) < 4.78 is -3.60. The van der Waals surface area contributed by atoms with Gasteiger partial charge in [0.25, 0.3) is 0 Å². The second kappa shape index (κ2) is 4.32. The highest BCUT2D eigenvalue weighted by atomic mass is 35.6. The zero-order chi connectivity index (χ0) is 9.28. The molecule has 0 unspecified atom stereocenters. The number of halogens is 7. The molecule has 0 aromatic rings. The van der Waals surface area contributed by atoms with E-state index in [1.54, 1.807) is 0 Å². The van der Waals surface area contributed by atoms with Crippen LogP contribution in [-0.2, 0) is 0 Å². The lowest BCUT2D eigenvalue weighted by molar-refractivity contribution is 1.15. The minimum absolute atomic E-state index is 0.110. The topological polar surface area (TPSA) is 0 Å². The van der Waals surface area contributed by atoms with E-state index in [-0.39, 0.29) is 5.57 Å². The van der Waals surface area contributed by atoms with E-state index >= 15 is 0 Å². The van der Waals surface area contributed by atoms with Gasteiger partial charge in [-0.25, -0.2) is 0 Å². The molecule has 0 aromatic carbocycles. The van der Waals surface area contributed by atoms with Crippen LogP contribution in [0.4, 0.5) is 0 Å². The number of hydrogen-bond donors (Lipinski definition) is 0. The van der Waals surface area contributed by atoms with Gasteiger partial charge in [-0.2, -0.15) is 0 Å². The SMILES string of the molecule is ClC=C(C(Cl)(Cl)Cl)C(Cl)(Cl)Cl. The summed E-state index contributed by atoms with van der Waals surface area (Å²) in [5, 5.41) is 0. The van der Waals surface area contributed by atoms with E-state index < -0.39 is 7.59 Å². The second-order valence-electron chi connectivity index (χ2n) is 1.52. The summed E-state index contributed by atoms with van der Waals surface area (Å²) in [5.74, 6) is 0. The Kier molecular flexibility index (Phi) is 5.02. The minimum atomic E-state index is -1.80. The molecule has 0 fully saturated rings. The van der Waals surface area contributed by atoms with Gasteiger partial charge in [-0.1, -0.05) is 81.2 Å². The van der Waals surface area contributed by atoms with E-state index in [9.17, 15) is 0 Å². The molecule has 7 heteroatoms. The maximum atomic E-state index is 5.41. The Morgan fingerprint density at radius 3 is 1.09 bits per heavy atom. The van der Waals surface area contributed by atoms with Crippen molar-refractivity contribution in [2.24, 2.45) is 0 Å². The maximum absolute atomic E-state index is 5.41. The molecule has 0 bridgehead atoms. The number of alkyl halides is 6. The summed E-state index contributed by atoms with van der Waals surface area (Å²) in [7, 11) is 0. The predicted molar refractivity (Wildman–Crippen MR) is 54.5 cm³/mol. The Bertz CT molecular complexity index is 142. The van der Waals surface area contributed by atoms with E-state index in [1.807, 2.05) is 0 Å². The van der Waals surface area contributed by atoms with Crippen LogP contribution in [0, 0.1) is 0 Å². The molecule has 0 N–H and O–H groups in total. The zero-order valence-electron chi connectivity index (χ0n) is 4.72. The largest absolute Gasteiger partial charge is 0.217 e. The quantitative estimate of drug-likeness (QED) is 0.561. The van der Waals surface area contributed by atoms with Gasteiger partial charge in [0.1, 0.15) is 0 Å². The van der Waals surface area contributed by atoms with E-state index in [4.69, 9.17) is 81.2 Å². The average Bonchev–Trinajstić information content (AvgIpc) is 1.56. The lowest BCUT2D eigenvalue weighted by atomic mass is 10.4. The summed E-state index contributed by atoms with van der Waals surface area (Å²) in [4.78, 5) is 0. The molecule has 0 atom stereocenters. The van der Waals surface area contributed by atoms with Gasteiger partial charge in [-0.05, 0) is 0 Å². The van der Waals surface area contributed by atoms with Crippen LogP contribution in [0.1, 0.15) is 0 Å². The second-order valence-corrected chi connectivity index (χ2v) is 6.30. The van der Waals surface area contributed by atoms with Crippen LogP contribution in [0.5, 0.6) is 0 Å². The maximum Gasteiger partial charge on any atom is 0.217 e. The fraction of sp³-hybridized carbons (Fsp3) is 0.500. The van der Waals surface area contributed by atoms with Crippen LogP contribution in [-0.4, -0.2) is 7.59 Å². The third-order valence-electron chi connectivity index (χ3n) is 0.720. The highest BCUT2D eigenvalue weighted by Crippen LogP contribution is 2.47. The Morgan fingerprint density at radius 2 is 1.09 bits per heavy atom. The van der Waals surface area contributed by atoms with Crippen molar-refractivity contribution in [2.75, 3.05) is 0 Å². The van der Waals surface area contributed by atoms with Gasteiger partial charge in [-0.3, -0.25) is 0 Å². The molecule has 0 rings (SSSR count). The Hall–Kier alpha value is 1.77. The first kappa shape index (κ1) is 12.8. The van der Waals surface area contributed by atoms with Gasteiger partial charge in [-0.15, -0.1) is 0 Å². The molecule has 0 saturated carbocycles. The zero-order valence-corrected chi connectivity index (χ0v) is 10.0. The first-order valence-electron chi connectivity index (χ1n) is 2.14. The fourth-order valence-corrected chi connectivity index (χ4v) is 2.56. The molecule has 0 saturated heterocycles. The molecular weight excluding hydrogens is 296 g/mol. The van der Waals surface area contributed by atoms with Crippen LogP contribution < -0.4 is 0 Å². The van der Waals surface area contributed by atoms with Crippen molar-refractivity contribution in [1.29, 1.82) is 0 Å². The molecule has 0 aliphatic rings.